The zero-order valence-corrected chi connectivity index (χ0v) is 10.7. The molecule has 1 aliphatic rings. The van der Waals surface area contributed by atoms with Gasteiger partial charge in [0.25, 0.3) is 0 Å². The van der Waals surface area contributed by atoms with Gasteiger partial charge < -0.3 is 10.5 Å². The average Bonchev–Trinajstić information content (AvgIpc) is 2.72. The Kier molecular flexibility index (Phi) is 4.15. The summed E-state index contributed by atoms with van der Waals surface area (Å²) in [7, 11) is 3.91. The Labute approximate surface area is 104 Å². The molecule has 1 heterocycles. The largest absolute Gasteiger partial charge is 0.380 e. The third-order valence-corrected chi connectivity index (χ3v) is 3.64. The summed E-state index contributed by atoms with van der Waals surface area (Å²) in [6.07, 6.45) is 1.18. The van der Waals surface area contributed by atoms with Gasteiger partial charge in [-0.15, -0.1) is 0 Å². The molecule has 1 saturated heterocycles. The van der Waals surface area contributed by atoms with Crippen molar-refractivity contribution in [2.24, 2.45) is 11.7 Å². The van der Waals surface area contributed by atoms with E-state index in [9.17, 15) is 0 Å². The fourth-order valence-corrected chi connectivity index (χ4v) is 2.67. The molecule has 0 bridgehead atoms. The third kappa shape index (κ3) is 2.86. The lowest BCUT2D eigenvalue weighted by Crippen LogP contribution is -2.20. The monoisotopic (exact) mass is 234 g/mol. The van der Waals surface area contributed by atoms with Crippen LogP contribution >= 0.6 is 0 Å². The van der Waals surface area contributed by atoms with Crippen LogP contribution < -0.4 is 5.73 Å². The van der Waals surface area contributed by atoms with Crippen molar-refractivity contribution in [3.05, 3.63) is 35.4 Å². The van der Waals surface area contributed by atoms with Crippen LogP contribution in [-0.2, 0) is 11.3 Å². The van der Waals surface area contributed by atoms with Gasteiger partial charge in [-0.1, -0.05) is 24.3 Å². The predicted octanol–water partition coefficient (Wildman–Crippen LogP) is 1.78. The van der Waals surface area contributed by atoms with E-state index in [-0.39, 0.29) is 0 Å². The molecule has 2 rings (SSSR count). The van der Waals surface area contributed by atoms with Gasteiger partial charge in [0.1, 0.15) is 0 Å². The molecule has 3 heteroatoms. The maximum absolute atomic E-state index is 5.76. The van der Waals surface area contributed by atoms with Crippen molar-refractivity contribution >= 4 is 0 Å². The summed E-state index contributed by atoms with van der Waals surface area (Å²) in [4.78, 5) is 2.41. The van der Waals surface area contributed by atoms with Crippen LogP contribution in [0.2, 0.25) is 0 Å². The Morgan fingerprint density at radius 2 is 2.06 bits per heavy atom. The molecule has 2 N–H and O–H groups in total. The minimum Gasteiger partial charge on any atom is -0.380 e. The van der Waals surface area contributed by atoms with E-state index in [2.05, 4.69) is 36.2 Å². The normalized spacial score (nSPS) is 25.4. The lowest BCUT2D eigenvalue weighted by molar-refractivity contribution is 0.185. The number of likely N-dealkylation sites (tertiary alicyclic amines) is 1. The van der Waals surface area contributed by atoms with Gasteiger partial charge in [0.15, 0.2) is 0 Å². The van der Waals surface area contributed by atoms with Crippen molar-refractivity contribution in [2.75, 3.05) is 27.2 Å². The van der Waals surface area contributed by atoms with Crippen LogP contribution in [0.5, 0.6) is 0 Å². The van der Waals surface area contributed by atoms with Gasteiger partial charge in [-0.05, 0) is 37.1 Å². The van der Waals surface area contributed by atoms with Crippen LogP contribution in [0, 0.1) is 5.92 Å². The maximum Gasteiger partial charge on any atom is 0.0713 e. The zero-order chi connectivity index (χ0) is 12.3. The first-order valence-electron chi connectivity index (χ1n) is 6.22. The molecule has 1 aliphatic heterocycles. The number of nitrogens with zero attached hydrogens (tertiary/aromatic N) is 1. The smallest absolute Gasteiger partial charge is 0.0713 e. The summed E-state index contributed by atoms with van der Waals surface area (Å²) < 4.78 is 5.12. The predicted molar refractivity (Wildman–Crippen MR) is 69.7 cm³/mol. The molecule has 0 aliphatic carbocycles. The van der Waals surface area contributed by atoms with Gasteiger partial charge in [-0.25, -0.2) is 0 Å². The first kappa shape index (κ1) is 12.6. The van der Waals surface area contributed by atoms with E-state index in [1.165, 1.54) is 17.5 Å². The molecule has 2 unspecified atom stereocenters. The van der Waals surface area contributed by atoms with Crippen molar-refractivity contribution in [1.29, 1.82) is 0 Å². The number of nitrogens with two attached hydrogens (primary N) is 1. The number of methoxy groups -OCH3 is 1. The highest BCUT2D eigenvalue weighted by atomic mass is 16.5. The summed E-state index contributed by atoms with van der Waals surface area (Å²) in [5.41, 5.74) is 8.38. The minimum atomic E-state index is 0.528. The lowest BCUT2D eigenvalue weighted by atomic mass is 9.99. The van der Waals surface area contributed by atoms with Gasteiger partial charge in [0.2, 0.25) is 0 Å². The fourth-order valence-electron chi connectivity index (χ4n) is 2.67. The first-order valence-corrected chi connectivity index (χ1v) is 6.22. The molecule has 1 aromatic rings. The van der Waals surface area contributed by atoms with Crippen LogP contribution in [0.3, 0.4) is 0 Å². The number of benzene rings is 1. The van der Waals surface area contributed by atoms with E-state index in [4.69, 9.17) is 10.5 Å². The quantitative estimate of drug-likeness (QED) is 0.863. The molecule has 94 valence electrons. The first-order chi connectivity index (χ1) is 8.24. The highest BCUT2D eigenvalue weighted by Gasteiger charge is 2.29. The Morgan fingerprint density at radius 1 is 1.35 bits per heavy atom. The van der Waals surface area contributed by atoms with Crippen molar-refractivity contribution < 1.29 is 4.74 Å². The van der Waals surface area contributed by atoms with Crippen molar-refractivity contribution in [1.82, 2.24) is 4.90 Å². The Morgan fingerprint density at radius 3 is 2.59 bits per heavy atom. The van der Waals surface area contributed by atoms with E-state index in [1.54, 1.807) is 7.11 Å². The molecule has 0 radical (unpaired) electrons. The average molecular weight is 234 g/mol. The van der Waals surface area contributed by atoms with Crippen molar-refractivity contribution in [3.8, 4) is 0 Å². The molecule has 0 saturated carbocycles. The van der Waals surface area contributed by atoms with Gasteiger partial charge >= 0.3 is 0 Å². The molecule has 0 spiro atoms. The number of hydrogen-bond acceptors (Lipinski definition) is 3. The topological polar surface area (TPSA) is 38.5 Å². The molecule has 17 heavy (non-hydrogen) atoms. The van der Waals surface area contributed by atoms with Crippen molar-refractivity contribution in [2.45, 2.75) is 19.1 Å². The Hall–Kier alpha value is -0.900. The summed E-state index contributed by atoms with van der Waals surface area (Å²) in [5.74, 6) is 0.642. The molecule has 2 atom stereocenters. The second kappa shape index (κ2) is 5.63. The van der Waals surface area contributed by atoms with E-state index in [0.717, 1.165) is 13.1 Å². The molecular weight excluding hydrogens is 212 g/mol. The standard InChI is InChI=1S/C14H22N2O/c1-16-9-12(8-15)7-14(16)13-5-3-11(4-6-13)10-17-2/h3-6,12,14H,7-10,15H2,1-2H3. The number of hydrogen-bond donors (Lipinski definition) is 1. The van der Waals surface area contributed by atoms with Crippen molar-refractivity contribution in [3.63, 3.8) is 0 Å². The Bertz CT molecular complexity index is 350. The molecule has 3 nitrogen and oxygen atoms in total. The van der Waals surface area contributed by atoms with Gasteiger partial charge in [0.05, 0.1) is 6.61 Å². The summed E-state index contributed by atoms with van der Waals surface area (Å²) in [6.45, 7) is 2.59. The van der Waals surface area contributed by atoms with Crippen LogP contribution in [0.15, 0.2) is 24.3 Å². The molecule has 1 fully saturated rings. The van der Waals surface area contributed by atoms with E-state index in [0.29, 0.717) is 18.6 Å². The van der Waals surface area contributed by atoms with Crippen LogP contribution in [-0.4, -0.2) is 32.1 Å². The maximum atomic E-state index is 5.76. The zero-order valence-electron chi connectivity index (χ0n) is 10.7. The minimum absolute atomic E-state index is 0.528. The molecule has 0 amide bonds. The number of rotatable bonds is 4. The summed E-state index contributed by atoms with van der Waals surface area (Å²) >= 11 is 0. The molecule has 0 aromatic heterocycles. The lowest BCUT2D eigenvalue weighted by Gasteiger charge is -2.19. The van der Waals surface area contributed by atoms with E-state index in [1.807, 2.05) is 0 Å². The van der Waals surface area contributed by atoms with Gasteiger partial charge in [-0.2, -0.15) is 0 Å². The van der Waals surface area contributed by atoms with E-state index >= 15 is 0 Å². The van der Waals surface area contributed by atoms with Gasteiger partial charge in [-0.3, -0.25) is 4.90 Å². The van der Waals surface area contributed by atoms with Crippen LogP contribution in [0.4, 0.5) is 0 Å². The highest BCUT2D eigenvalue weighted by Crippen LogP contribution is 2.33. The SMILES string of the molecule is COCc1ccc(C2CC(CN)CN2C)cc1. The summed E-state index contributed by atoms with van der Waals surface area (Å²) in [5, 5.41) is 0. The third-order valence-electron chi connectivity index (χ3n) is 3.64. The second-order valence-corrected chi connectivity index (χ2v) is 4.97. The Balaban J connectivity index is 2.07. The molecule has 1 aromatic carbocycles. The van der Waals surface area contributed by atoms with Crippen LogP contribution in [0.1, 0.15) is 23.6 Å². The highest BCUT2D eigenvalue weighted by molar-refractivity contribution is 5.25. The number of ether oxygens (including phenoxy) is 1. The summed E-state index contributed by atoms with van der Waals surface area (Å²) in [6, 6.07) is 9.27. The molecular formula is C14H22N2O. The van der Waals surface area contributed by atoms with Crippen LogP contribution in [0.25, 0.3) is 0 Å². The van der Waals surface area contributed by atoms with Gasteiger partial charge in [0, 0.05) is 19.7 Å². The second-order valence-electron chi connectivity index (χ2n) is 4.97. The fraction of sp³-hybridized carbons (Fsp3) is 0.571. The van der Waals surface area contributed by atoms with E-state index < -0.39 is 0 Å².